The summed E-state index contributed by atoms with van der Waals surface area (Å²) in [5.41, 5.74) is 3.32. The summed E-state index contributed by atoms with van der Waals surface area (Å²) in [5, 5.41) is 15.0. The molecule has 1 fully saturated rings. The predicted molar refractivity (Wildman–Crippen MR) is 106 cm³/mol. The van der Waals surface area contributed by atoms with E-state index in [1.165, 1.54) is 47.2 Å². The van der Waals surface area contributed by atoms with Gasteiger partial charge in [0.25, 0.3) is 0 Å². The second-order valence-electron chi connectivity index (χ2n) is 5.94. The third kappa shape index (κ3) is 4.85. The van der Waals surface area contributed by atoms with Crippen LogP contribution in [0.5, 0.6) is 0 Å². The van der Waals surface area contributed by atoms with Crippen molar-refractivity contribution in [3.05, 3.63) is 23.8 Å². The standard InChI is InChI=1S/C17H23N5OS2/c1-3-18-16-20-21-17(25-16)24-11-15(23)19-13-6-7-14(12(2)10-13)22-8-4-5-9-22/h6-7,10H,3-5,8-9,11H2,1-2H3,(H,18,20)(H,19,23). The summed E-state index contributed by atoms with van der Waals surface area (Å²) in [6.45, 7) is 7.17. The van der Waals surface area contributed by atoms with Crippen LogP contribution in [0.4, 0.5) is 16.5 Å². The van der Waals surface area contributed by atoms with E-state index < -0.39 is 0 Å². The molecule has 25 heavy (non-hydrogen) atoms. The van der Waals surface area contributed by atoms with Gasteiger partial charge < -0.3 is 15.5 Å². The Hall–Kier alpha value is -1.80. The molecular weight excluding hydrogens is 354 g/mol. The molecule has 1 aliphatic rings. The monoisotopic (exact) mass is 377 g/mol. The highest BCUT2D eigenvalue weighted by atomic mass is 32.2. The molecule has 0 radical (unpaired) electrons. The number of nitrogens with one attached hydrogen (secondary N) is 2. The van der Waals surface area contributed by atoms with Crippen LogP contribution in [0, 0.1) is 6.92 Å². The molecule has 2 N–H and O–H groups in total. The lowest BCUT2D eigenvalue weighted by Gasteiger charge is -2.20. The number of carbonyl (C=O) groups is 1. The molecule has 0 unspecified atom stereocenters. The van der Waals surface area contributed by atoms with Gasteiger partial charge in [0.15, 0.2) is 4.34 Å². The lowest BCUT2D eigenvalue weighted by Crippen LogP contribution is -2.19. The van der Waals surface area contributed by atoms with E-state index >= 15 is 0 Å². The van der Waals surface area contributed by atoms with E-state index in [-0.39, 0.29) is 5.91 Å². The molecule has 2 heterocycles. The molecule has 8 heteroatoms. The molecule has 0 aliphatic carbocycles. The number of aryl methyl sites for hydroxylation is 1. The average Bonchev–Trinajstić information content (AvgIpc) is 3.25. The Labute approximate surface area is 156 Å². The van der Waals surface area contributed by atoms with Gasteiger partial charge in [0.2, 0.25) is 11.0 Å². The van der Waals surface area contributed by atoms with Crippen LogP contribution in [0.25, 0.3) is 0 Å². The molecule has 1 aliphatic heterocycles. The molecule has 2 aromatic rings. The van der Waals surface area contributed by atoms with Gasteiger partial charge in [-0.3, -0.25) is 4.79 Å². The Balaban J connectivity index is 1.52. The maximum atomic E-state index is 12.2. The van der Waals surface area contributed by atoms with Gasteiger partial charge in [-0.15, -0.1) is 10.2 Å². The molecule has 0 saturated carbocycles. The maximum absolute atomic E-state index is 12.2. The fourth-order valence-electron chi connectivity index (χ4n) is 2.86. The van der Waals surface area contributed by atoms with Gasteiger partial charge in [0, 0.05) is 31.0 Å². The maximum Gasteiger partial charge on any atom is 0.234 e. The van der Waals surface area contributed by atoms with Crippen molar-refractivity contribution >= 4 is 45.5 Å². The first-order valence-electron chi connectivity index (χ1n) is 8.51. The molecule has 1 aromatic carbocycles. The van der Waals surface area contributed by atoms with E-state index in [2.05, 4.69) is 38.7 Å². The van der Waals surface area contributed by atoms with Crippen LogP contribution in [0.1, 0.15) is 25.3 Å². The number of nitrogens with zero attached hydrogens (tertiary/aromatic N) is 3. The van der Waals surface area contributed by atoms with Gasteiger partial charge in [-0.25, -0.2) is 0 Å². The number of rotatable bonds is 7. The summed E-state index contributed by atoms with van der Waals surface area (Å²) in [7, 11) is 0. The predicted octanol–water partition coefficient (Wildman–Crippen LogP) is 3.61. The van der Waals surface area contributed by atoms with Crippen LogP contribution in [-0.2, 0) is 4.79 Å². The van der Waals surface area contributed by atoms with Crippen LogP contribution in [0.15, 0.2) is 22.5 Å². The van der Waals surface area contributed by atoms with Crippen molar-refractivity contribution in [3.8, 4) is 0 Å². The average molecular weight is 378 g/mol. The number of thioether (sulfide) groups is 1. The minimum atomic E-state index is -0.0291. The minimum absolute atomic E-state index is 0.0291. The van der Waals surface area contributed by atoms with Gasteiger partial charge >= 0.3 is 0 Å². The highest BCUT2D eigenvalue weighted by molar-refractivity contribution is 8.01. The van der Waals surface area contributed by atoms with Crippen LogP contribution in [-0.4, -0.2) is 41.5 Å². The molecule has 1 saturated heterocycles. The Kier molecular flexibility index (Phi) is 6.14. The SMILES string of the molecule is CCNc1nnc(SCC(=O)Nc2ccc(N3CCCC3)c(C)c2)s1. The molecule has 6 nitrogen and oxygen atoms in total. The summed E-state index contributed by atoms with van der Waals surface area (Å²) >= 11 is 2.88. The fraction of sp³-hybridized carbons (Fsp3) is 0.471. The second kappa shape index (κ2) is 8.53. The first-order chi connectivity index (χ1) is 12.2. The van der Waals surface area contributed by atoms with Gasteiger partial charge in [0.05, 0.1) is 5.75 Å². The highest BCUT2D eigenvalue weighted by Crippen LogP contribution is 2.28. The van der Waals surface area contributed by atoms with Crippen molar-refractivity contribution in [2.75, 3.05) is 40.9 Å². The van der Waals surface area contributed by atoms with Crippen LogP contribution in [0.2, 0.25) is 0 Å². The van der Waals surface area contributed by atoms with Crippen molar-refractivity contribution in [1.82, 2.24) is 10.2 Å². The van der Waals surface area contributed by atoms with E-state index in [1.54, 1.807) is 0 Å². The first-order valence-corrected chi connectivity index (χ1v) is 10.3. The Bertz CT molecular complexity index is 728. The molecule has 1 aromatic heterocycles. The lowest BCUT2D eigenvalue weighted by atomic mass is 10.1. The zero-order valence-electron chi connectivity index (χ0n) is 14.5. The van der Waals surface area contributed by atoms with E-state index in [1.807, 2.05) is 19.1 Å². The number of aromatic nitrogens is 2. The molecule has 1 amide bonds. The normalized spacial score (nSPS) is 13.9. The molecular formula is C17H23N5OS2. The van der Waals surface area contributed by atoms with Gasteiger partial charge in [0.1, 0.15) is 0 Å². The van der Waals surface area contributed by atoms with Gasteiger partial charge in [-0.05, 0) is 50.5 Å². The van der Waals surface area contributed by atoms with Crippen molar-refractivity contribution < 1.29 is 4.79 Å². The van der Waals surface area contributed by atoms with Crippen molar-refractivity contribution in [2.24, 2.45) is 0 Å². The number of benzene rings is 1. The Morgan fingerprint density at radius 1 is 1.32 bits per heavy atom. The van der Waals surface area contributed by atoms with Crippen LogP contribution in [0.3, 0.4) is 0 Å². The van der Waals surface area contributed by atoms with E-state index in [4.69, 9.17) is 0 Å². The third-order valence-corrected chi connectivity index (χ3v) is 6.00. The van der Waals surface area contributed by atoms with Crippen molar-refractivity contribution in [3.63, 3.8) is 0 Å². The minimum Gasteiger partial charge on any atom is -0.371 e. The van der Waals surface area contributed by atoms with Crippen LogP contribution < -0.4 is 15.5 Å². The molecule has 3 rings (SSSR count). The number of hydrogen-bond donors (Lipinski definition) is 2. The first kappa shape index (κ1) is 18.0. The molecule has 0 atom stereocenters. The van der Waals surface area contributed by atoms with Crippen molar-refractivity contribution in [1.29, 1.82) is 0 Å². The van der Waals surface area contributed by atoms with Crippen molar-refractivity contribution in [2.45, 2.75) is 31.0 Å². The number of amides is 1. The molecule has 134 valence electrons. The molecule has 0 bridgehead atoms. The summed E-state index contributed by atoms with van der Waals surface area (Å²) in [6.07, 6.45) is 2.52. The summed E-state index contributed by atoms with van der Waals surface area (Å²) in [4.78, 5) is 14.6. The smallest absolute Gasteiger partial charge is 0.234 e. The zero-order chi connectivity index (χ0) is 17.6. The quantitative estimate of drug-likeness (QED) is 0.719. The molecule has 0 spiro atoms. The topological polar surface area (TPSA) is 70.1 Å². The van der Waals surface area contributed by atoms with E-state index in [9.17, 15) is 4.79 Å². The zero-order valence-corrected chi connectivity index (χ0v) is 16.2. The van der Waals surface area contributed by atoms with Crippen LogP contribution >= 0.6 is 23.1 Å². The fourth-order valence-corrected chi connectivity index (χ4v) is 4.48. The summed E-state index contributed by atoms with van der Waals surface area (Å²) < 4.78 is 0.798. The highest BCUT2D eigenvalue weighted by Gasteiger charge is 2.15. The number of hydrogen-bond acceptors (Lipinski definition) is 7. The van der Waals surface area contributed by atoms with E-state index in [0.717, 1.165) is 34.8 Å². The second-order valence-corrected chi connectivity index (χ2v) is 8.14. The number of carbonyl (C=O) groups excluding carboxylic acids is 1. The Morgan fingerprint density at radius 3 is 2.84 bits per heavy atom. The summed E-state index contributed by atoms with van der Waals surface area (Å²) in [5.74, 6) is 0.298. The third-order valence-electron chi connectivity index (χ3n) is 3.99. The Morgan fingerprint density at radius 2 is 2.12 bits per heavy atom. The van der Waals surface area contributed by atoms with E-state index in [0.29, 0.717) is 5.75 Å². The van der Waals surface area contributed by atoms with Gasteiger partial charge in [-0.1, -0.05) is 23.1 Å². The number of anilines is 3. The van der Waals surface area contributed by atoms with Gasteiger partial charge in [-0.2, -0.15) is 0 Å². The lowest BCUT2D eigenvalue weighted by molar-refractivity contribution is -0.113. The largest absolute Gasteiger partial charge is 0.371 e. The summed E-state index contributed by atoms with van der Waals surface area (Å²) in [6, 6.07) is 6.14.